The number of hydrogen-bond acceptors (Lipinski definition) is 3. The predicted molar refractivity (Wildman–Crippen MR) is 85.1 cm³/mol. The Kier molecular flexibility index (Phi) is 5.61. The van der Waals surface area contributed by atoms with Gasteiger partial charge in [0.15, 0.2) is 0 Å². The minimum Gasteiger partial charge on any atom is -0.353 e. The van der Waals surface area contributed by atoms with Gasteiger partial charge in [0.25, 0.3) is 0 Å². The fraction of sp³-hybridized carbons (Fsp3) is 0.688. The van der Waals surface area contributed by atoms with Crippen LogP contribution in [0.4, 0.5) is 0 Å². The zero-order valence-electron chi connectivity index (χ0n) is 12.6. The topological polar surface area (TPSA) is 41.1 Å². The molecule has 2 rings (SSSR count). The van der Waals surface area contributed by atoms with E-state index >= 15 is 0 Å². The average molecular weight is 294 g/mol. The fourth-order valence-electron chi connectivity index (χ4n) is 3.19. The van der Waals surface area contributed by atoms with Gasteiger partial charge in [0.2, 0.25) is 5.91 Å². The van der Waals surface area contributed by atoms with Gasteiger partial charge in [0, 0.05) is 18.0 Å². The molecule has 2 N–H and O–H groups in total. The Hall–Kier alpha value is -0.870. The minimum atomic E-state index is 0.0322. The zero-order valence-corrected chi connectivity index (χ0v) is 13.4. The third-order valence-corrected chi connectivity index (χ3v) is 5.10. The molecule has 112 valence electrons. The largest absolute Gasteiger partial charge is 0.353 e. The van der Waals surface area contributed by atoms with E-state index in [2.05, 4.69) is 34.4 Å². The van der Waals surface area contributed by atoms with Crippen molar-refractivity contribution in [2.24, 2.45) is 0 Å². The molecule has 1 fully saturated rings. The maximum atomic E-state index is 12.3. The van der Waals surface area contributed by atoms with Crippen LogP contribution in [0, 0.1) is 0 Å². The Labute approximate surface area is 126 Å². The highest BCUT2D eigenvalue weighted by Gasteiger charge is 2.32. The summed E-state index contributed by atoms with van der Waals surface area (Å²) >= 11 is 1.71. The highest BCUT2D eigenvalue weighted by molar-refractivity contribution is 7.07. The molecule has 1 aromatic heterocycles. The zero-order chi connectivity index (χ0) is 14.4. The van der Waals surface area contributed by atoms with Crippen LogP contribution in [-0.2, 0) is 11.2 Å². The molecule has 0 spiro atoms. The summed E-state index contributed by atoms with van der Waals surface area (Å²) in [6.45, 7) is 2.09. The van der Waals surface area contributed by atoms with Gasteiger partial charge in [-0.15, -0.1) is 0 Å². The summed E-state index contributed by atoms with van der Waals surface area (Å²) in [6.07, 6.45) is 7.54. The van der Waals surface area contributed by atoms with Crippen LogP contribution in [0.15, 0.2) is 16.8 Å². The summed E-state index contributed by atoms with van der Waals surface area (Å²) in [4.78, 5) is 12.3. The van der Waals surface area contributed by atoms with E-state index < -0.39 is 0 Å². The number of hydrogen-bond donors (Lipinski definition) is 2. The molecule has 1 aliphatic rings. The molecular formula is C16H26N2OS. The van der Waals surface area contributed by atoms with Crippen LogP contribution in [0.5, 0.6) is 0 Å². The first-order chi connectivity index (χ1) is 9.63. The maximum absolute atomic E-state index is 12.3. The molecule has 1 atom stereocenters. The summed E-state index contributed by atoms with van der Waals surface area (Å²) in [5.41, 5.74) is 1.34. The molecule has 0 radical (unpaired) electrons. The number of rotatable bonds is 6. The summed E-state index contributed by atoms with van der Waals surface area (Å²) in [5.74, 6) is 0.184. The van der Waals surface area contributed by atoms with Gasteiger partial charge < -0.3 is 10.6 Å². The minimum absolute atomic E-state index is 0.0322. The molecule has 3 nitrogen and oxygen atoms in total. The summed E-state index contributed by atoms with van der Waals surface area (Å²) in [7, 11) is 1.99. The van der Waals surface area contributed by atoms with Crippen molar-refractivity contribution in [1.29, 1.82) is 0 Å². The molecule has 1 aromatic rings. The first-order valence-corrected chi connectivity index (χ1v) is 8.57. The van der Waals surface area contributed by atoms with E-state index in [0.29, 0.717) is 6.42 Å². The number of carbonyl (C=O) groups excluding carboxylic acids is 1. The Balaban J connectivity index is 1.81. The van der Waals surface area contributed by atoms with E-state index in [1.54, 1.807) is 11.3 Å². The van der Waals surface area contributed by atoms with Gasteiger partial charge in [-0.3, -0.25) is 4.79 Å². The number of amides is 1. The summed E-state index contributed by atoms with van der Waals surface area (Å²) in [6, 6.07) is 2.33. The van der Waals surface area contributed by atoms with Gasteiger partial charge in [-0.2, -0.15) is 11.3 Å². The molecule has 1 amide bonds. The summed E-state index contributed by atoms with van der Waals surface area (Å²) in [5, 5.41) is 10.8. The number of thiophene rings is 1. The Morgan fingerprint density at radius 2 is 2.15 bits per heavy atom. The SMILES string of the molecule is CNC1(CC(=O)NC(C)Cc2ccsc2)CCCCC1. The van der Waals surface area contributed by atoms with Crippen molar-refractivity contribution in [2.45, 2.75) is 63.5 Å². The molecule has 4 heteroatoms. The Morgan fingerprint density at radius 1 is 1.40 bits per heavy atom. The lowest BCUT2D eigenvalue weighted by atomic mass is 9.79. The van der Waals surface area contributed by atoms with E-state index in [0.717, 1.165) is 19.3 Å². The third kappa shape index (κ3) is 4.32. The van der Waals surface area contributed by atoms with E-state index in [1.165, 1.54) is 24.8 Å². The molecule has 1 unspecified atom stereocenters. The van der Waals surface area contributed by atoms with Crippen LogP contribution in [0.3, 0.4) is 0 Å². The Bertz CT molecular complexity index is 410. The predicted octanol–water partition coefficient (Wildman–Crippen LogP) is 3.11. The normalized spacial score (nSPS) is 19.5. The highest BCUT2D eigenvalue weighted by Crippen LogP contribution is 2.30. The summed E-state index contributed by atoms with van der Waals surface area (Å²) < 4.78 is 0. The van der Waals surface area contributed by atoms with Gasteiger partial charge in [-0.25, -0.2) is 0 Å². The van der Waals surface area contributed by atoms with Crippen LogP contribution in [0.1, 0.15) is 51.0 Å². The van der Waals surface area contributed by atoms with Crippen LogP contribution >= 0.6 is 11.3 Å². The smallest absolute Gasteiger partial charge is 0.222 e. The van der Waals surface area contributed by atoms with Crippen molar-refractivity contribution in [3.05, 3.63) is 22.4 Å². The molecule has 0 aliphatic heterocycles. The van der Waals surface area contributed by atoms with Crippen molar-refractivity contribution >= 4 is 17.2 Å². The van der Waals surface area contributed by atoms with E-state index in [9.17, 15) is 4.79 Å². The second-order valence-corrected chi connectivity index (χ2v) is 6.85. The molecule has 0 bridgehead atoms. The van der Waals surface area contributed by atoms with E-state index in [1.807, 2.05) is 7.05 Å². The van der Waals surface area contributed by atoms with Crippen LogP contribution in [0.25, 0.3) is 0 Å². The average Bonchev–Trinajstić information content (AvgIpc) is 2.92. The lowest BCUT2D eigenvalue weighted by Gasteiger charge is -2.37. The second kappa shape index (κ2) is 7.23. The standard InChI is InChI=1S/C16H26N2OS/c1-13(10-14-6-9-20-12-14)18-15(19)11-16(17-2)7-4-3-5-8-16/h6,9,12-13,17H,3-5,7-8,10-11H2,1-2H3,(H,18,19). The number of nitrogens with one attached hydrogen (secondary N) is 2. The molecule has 0 saturated heterocycles. The monoisotopic (exact) mass is 294 g/mol. The first kappa shape index (κ1) is 15.5. The first-order valence-electron chi connectivity index (χ1n) is 7.63. The molecule has 1 saturated carbocycles. The molecule has 1 heterocycles. The third-order valence-electron chi connectivity index (χ3n) is 4.37. The number of carbonyl (C=O) groups is 1. The van der Waals surface area contributed by atoms with Crippen LogP contribution in [-0.4, -0.2) is 24.5 Å². The van der Waals surface area contributed by atoms with Crippen molar-refractivity contribution in [2.75, 3.05) is 7.05 Å². The lowest BCUT2D eigenvalue weighted by Crippen LogP contribution is -2.49. The molecular weight excluding hydrogens is 268 g/mol. The van der Waals surface area contributed by atoms with Crippen molar-refractivity contribution in [3.63, 3.8) is 0 Å². The quantitative estimate of drug-likeness (QED) is 0.846. The van der Waals surface area contributed by atoms with Gasteiger partial charge in [0.1, 0.15) is 0 Å². The fourth-order valence-corrected chi connectivity index (χ4v) is 3.87. The van der Waals surface area contributed by atoms with Crippen molar-refractivity contribution < 1.29 is 4.79 Å². The maximum Gasteiger partial charge on any atom is 0.222 e. The lowest BCUT2D eigenvalue weighted by molar-refractivity contribution is -0.123. The Morgan fingerprint density at radius 3 is 2.75 bits per heavy atom. The van der Waals surface area contributed by atoms with E-state index in [-0.39, 0.29) is 17.5 Å². The highest BCUT2D eigenvalue weighted by atomic mass is 32.1. The molecule has 0 aromatic carbocycles. The van der Waals surface area contributed by atoms with E-state index in [4.69, 9.17) is 0 Å². The molecule has 20 heavy (non-hydrogen) atoms. The molecule has 1 aliphatic carbocycles. The second-order valence-electron chi connectivity index (χ2n) is 6.07. The van der Waals surface area contributed by atoms with Gasteiger partial charge in [-0.1, -0.05) is 19.3 Å². The van der Waals surface area contributed by atoms with Crippen molar-refractivity contribution in [3.8, 4) is 0 Å². The van der Waals surface area contributed by atoms with Gasteiger partial charge in [-0.05, 0) is 55.6 Å². The van der Waals surface area contributed by atoms with Gasteiger partial charge >= 0.3 is 0 Å². The van der Waals surface area contributed by atoms with Crippen LogP contribution < -0.4 is 10.6 Å². The van der Waals surface area contributed by atoms with Crippen molar-refractivity contribution in [1.82, 2.24) is 10.6 Å². The van der Waals surface area contributed by atoms with Crippen LogP contribution in [0.2, 0.25) is 0 Å². The van der Waals surface area contributed by atoms with Gasteiger partial charge in [0.05, 0.1) is 0 Å².